The highest BCUT2D eigenvalue weighted by Crippen LogP contribution is 2.54. The quantitative estimate of drug-likeness (QED) is 0.697. The Morgan fingerprint density at radius 1 is 1.14 bits per heavy atom. The fraction of sp³-hybridized carbons (Fsp3) is 0.174. The molecule has 144 valence electrons. The minimum atomic E-state index is -0.839. The van der Waals surface area contributed by atoms with Crippen LogP contribution in [0, 0.1) is 0 Å². The zero-order valence-corrected chi connectivity index (χ0v) is 16.3. The maximum atomic E-state index is 13.5. The van der Waals surface area contributed by atoms with Gasteiger partial charge in [0, 0.05) is 35.2 Å². The Labute approximate surface area is 173 Å². The lowest BCUT2D eigenvalue weighted by atomic mass is 9.73. The molecule has 2 aromatic carbocycles. The monoisotopic (exact) mass is 403 g/mol. The molecule has 1 saturated heterocycles. The maximum absolute atomic E-state index is 13.5. The first-order chi connectivity index (χ1) is 14.1. The van der Waals surface area contributed by atoms with Crippen LogP contribution in [-0.2, 0) is 10.2 Å². The molecule has 2 aliphatic rings. The smallest absolute Gasteiger partial charge is 0.254 e. The van der Waals surface area contributed by atoms with Crippen molar-refractivity contribution in [3.05, 3.63) is 94.8 Å². The van der Waals surface area contributed by atoms with E-state index in [1.807, 2.05) is 36.4 Å². The van der Waals surface area contributed by atoms with E-state index in [0.29, 0.717) is 23.6 Å². The van der Waals surface area contributed by atoms with Gasteiger partial charge in [-0.3, -0.25) is 14.6 Å². The van der Waals surface area contributed by atoms with Gasteiger partial charge in [0.05, 0.1) is 6.04 Å². The van der Waals surface area contributed by atoms with Gasteiger partial charge in [0.1, 0.15) is 5.41 Å². The zero-order chi connectivity index (χ0) is 20.0. The van der Waals surface area contributed by atoms with Crippen molar-refractivity contribution in [2.45, 2.75) is 17.9 Å². The van der Waals surface area contributed by atoms with Gasteiger partial charge in [-0.15, -0.1) is 0 Å². The summed E-state index contributed by atoms with van der Waals surface area (Å²) in [5.74, 6) is -0.218. The summed E-state index contributed by atoms with van der Waals surface area (Å²) in [6.07, 6.45) is 3.98. The SMILES string of the molecule is O=C(c1cccc(Cl)c1)N1CCC2(C(=O)Nc3ccccc32)C1c1cccnc1. The summed E-state index contributed by atoms with van der Waals surface area (Å²) in [7, 11) is 0. The van der Waals surface area contributed by atoms with Crippen molar-refractivity contribution in [2.75, 3.05) is 11.9 Å². The van der Waals surface area contributed by atoms with Gasteiger partial charge in [0.2, 0.25) is 5.91 Å². The molecule has 5 nitrogen and oxygen atoms in total. The number of benzene rings is 2. The number of carbonyl (C=O) groups is 2. The number of rotatable bonds is 2. The number of halogens is 1. The van der Waals surface area contributed by atoms with Crippen molar-refractivity contribution in [1.82, 2.24) is 9.88 Å². The molecule has 2 aliphatic heterocycles. The van der Waals surface area contributed by atoms with Crippen molar-refractivity contribution in [2.24, 2.45) is 0 Å². The molecule has 1 fully saturated rings. The summed E-state index contributed by atoms with van der Waals surface area (Å²) < 4.78 is 0. The number of nitrogens with zero attached hydrogens (tertiary/aromatic N) is 2. The number of amides is 2. The van der Waals surface area contributed by atoms with Gasteiger partial charge in [0.25, 0.3) is 5.91 Å². The Morgan fingerprint density at radius 2 is 2.00 bits per heavy atom. The number of aromatic nitrogens is 1. The van der Waals surface area contributed by atoms with Gasteiger partial charge in [-0.25, -0.2) is 0 Å². The van der Waals surface area contributed by atoms with Crippen LogP contribution in [0.5, 0.6) is 0 Å². The summed E-state index contributed by atoms with van der Waals surface area (Å²) in [5.41, 5.74) is 2.25. The lowest BCUT2D eigenvalue weighted by molar-refractivity contribution is -0.121. The number of nitrogens with one attached hydrogen (secondary N) is 1. The third-order valence-electron chi connectivity index (χ3n) is 5.92. The lowest BCUT2D eigenvalue weighted by Crippen LogP contribution is -2.42. The first-order valence-corrected chi connectivity index (χ1v) is 9.86. The molecule has 3 aromatic rings. The van der Waals surface area contributed by atoms with Crippen LogP contribution in [0.25, 0.3) is 0 Å². The molecule has 0 radical (unpaired) electrons. The predicted molar refractivity (Wildman–Crippen MR) is 111 cm³/mol. The van der Waals surface area contributed by atoms with Crippen molar-refractivity contribution < 1.29 is 9.59 Å². The zero-order valence-electron chi connectivity index (χ0n) is 15.5. The van der Waals surface area contributed by atoms with Crippen molar-refractivity contribution >= 4 is 29.1 Å². The van der Waals surface area contributed by atoms with E-state index in [9.17, 15) is 9.59 Å². The number of hydrogen-bond donors (Lipinski definition) is 1. The molecule has 3 heterocycles. The average molecular weight is 404 g/mol. The topological polar surface area (TPSA) is 62.3 Å². The van der Waals surface area contributed by atoms with E-state index >= 15 is 0 Å². The Bertz CT molecular complexity index is 1120. The van der Waals surface area contributed by atoms with Crippen LogP contribution in [0.3, 0.4) is 0 Å². The molecule has 2 unspecified atom stereocenters. The van der Waals surface area contributed by atoms with E-state index in [1.165, 1.54) is 0 Å². The van der Waals surface area contributed by atoms with Crippen molar-refractivity contribution in [3.63, 3.8) is 0 Å². The molecular formula is C23H18ClN3O2. The average Bonchev–Trinajstić information content (AvgIpc) is 3.28. The number of likely N-dealkylation sites (tertiary alicyclic amines) is 1. The van der Waals surface area contributed by atoms with Gasteiger partial charge in [-0.1, -0.05) is 41.9 Å². The summed E-state index contributed by atoms with van der Waals surface area (Å²) >= 11 is 6.11. The van der Waals surface area contributed by atoms with Gasteiger partial charge in [0.15, 0.2) is 0 Å². The number of fused-ring (bicyclic) bond motifs is 2. The van der Waals surface area contributed by atoms with Gasteiger partial charge in [-0.2, -0.15) is 0 Å². The molecule has 0 aliphatic carbocycles. The highest BCUT2D eigenvalue weighted by Gasteiger charge is 2.59. The van der Waals surface area contributed by atoms with E-state index < -0.39 is 11.5 Å². The highest BCUT2D eigenvalue weighted by molar-refractivity contribution is 6.31. The molecule has 2 amide bonds. The Balaban J connectivity index is 1.67. The standard InChI is InChI=1S/C23H18ClN3O2/c24-17-7-3-5-15(13-17)21(28)27-12-10-23(20(27)16-6-4-11-25-14-16)18-8-1-2-9-19(18)26-22(23)29/h1-9,11,13-14,20H,10,12H2,(H,26,29). The van der Waals surface area contributed by atoms with Crippen LogP contribution < -0.4 is 5.32 Å². The maximum Gasteiger partial charge on any atom is 0.254 e. The normalized spacial score (nSPS) is 22.6. The third-order valence-corrected chi connectivity index (χ3v) is 6.15. The summed E-state index contributed by atoms with van der Waals surface area (Å²) in [6, 6.07) is 17.9. The van der Waals surface area contributed by atoms with Crippen molar-refractivity contribution in [1.29, 1.82) is 0 Å². The number of hydrogen-bond acceptors (Lipinski definition) is 3. The Kier molecular flexibility index (Phi) is 4.14. The number of carbonyl (C=O) groups excluding carboxylic acids is 2. The van der Waals surface area contributed by atoms with Crippen LogP contribution in [0.1, 0.15) is 33.9 Å². The predicted octanol–water partition coefficient (Wildman–Crippen LogP) is 4.21. The van der Waals surface area contributed by atoms with Crippen LogP contribution in [0.4, 0.5) is 5.69 Å². The van der Waals surface area contributed by atoms with Gasteiger partial charge < -0.3 is 10.2 Å². The summed E-state index contributed by atoms with van der Waals surface area (Å²) in [6.45, 7) is 0.465. The molecule has 0 bridgehead atoms. The summed E-state index contributed by atoms with van der Waals surface area (Å²) in [4.78, 5) is 32.8. The van der Waals surface area contributed by atoms with Gasteiger partial charge >= 0.3 is 0 Å². The molecule has 5 rings (SSSR count). The first-order valence-electron chi connectivity index (χ1n) is 9.49. The highest BCUT2D eigenvalue weighted by atomic mass is 35.5. The van der Waals surface area contributed by atoms with E-state index in [4.69, 9.17) is 11.6 Å². The summed E-state index contributed by atoms with van der Waals surface area (Å²) in [5, 5.41) is 3.53. The van der Waals surface area contributed by atoms with Crippen LogP contribution >= 0.6 is 11.6 Å². The molecule has 6 heteroatoms. The minimum absolute atomic E-state index is 0.0750. The van der Waals surface area contributed by atoms with Crippen molar-refractivity contribution in [3.8, 4) is 0 Å². The second kappa shape index (κ2) is 6.71. The second-order valence-electron chi connectivity index (χ2n) is 7.42. The molecule has 2 atom stereocenters. The largest absolute Gasteiger partial charge is 0.330 e. The van der Waals surface area contributed by atoms with E-state index in [0.717, 1.165) is 16.8 Å². The first kappa shape index (κ1) is 17.9. The third kappa shape index (κ3) is 2.65. The fourth-order valence-electron chi connectivity index (χ4n) is 4.69. The minimum Gasteiger partial charge on any atom is -0.330 e. The van der Waals surface area contributed by atoms with E-state index in [1.54, 1.807) is 41.6 Å². The number of pyridine rings is 1. The lowest BCUT2D eigenvalue weighted by Gasteiger charge is -2.34. The molecular weight excluding hydrogens is 386 g/mol. The molecule has 1 N–H and O–H groups in total. The molecule has 1 spiro atoms. The van der Waals surface area contributed by atoms with Gasteiger partial charge in [-0.05, 0) is 47.9 Å². The second-order valence-corrected chi connectivity index (χ2v) is 7.86. The number of anilines is 1. The van der Waals surface area contributed by atoms with E-state index in [2.05, 4.69) is 10.3 Å². The number of para-hydroxylation sites is 1. The Morgan fingerprint density at radius 3 is 2.79 bits per heavy atom. The fourth-order valence-corrected chi connectivity index (χ4v) is 4.88. The van der Waals surface area contributed by atoms with E-state index in [-0.39, 0.29) is 11.8 Å². The molecule has 0 saturated carbocycles. The van der Waals surface area contributed by atoms with Crippen LogP contribution in [-0.4, -0.2) is 28.2 Å². The van der Waals surface area contributed by atoms with Crippen LogP contribution in [0.15, 0.2) is 73.1 Å². The van der Waals surface area contributed by atoms with Crippen LogP contribution in [0.2, 0.25) is 5.02 Å². The molecule has 1 aromatic heterocycles. The Hall–Kier alpha value is -3.18. The molecule has 29 heavy (non-hydrogen) atoms.